The number of aromatic nitrogens is 6. The van der Waals surface area contributed by atoms with Gasteiger partial charge in [-0.1, -0.05) is 18.2 Å². The number of nitrogens with zero attached hydrogens (tertiary/aromatic N) is 6. The first-order chi connectivity index (χ1) is 13.6. The minimum absolute atomic E-state index is 0. The van der Waals surface area contributed by atoms with E-state index in [1.165, 1.54) is 0 Å². The topological polar surface area (TPSA) is 108 Å². The molecule has 0 aliphatic heterocycles. The summed E-state index contributed by atoms with van der Waals surface area (Å²) in [6.45, 7) is 0. The Balaban J connectivity index is 0.00000205. The lowest BCUT2D eigenvalue weighted by molar-refractivity contribution is 0.163. The number of aryl methyl sites for hydroxylation is 1. The summed E-state index contributed by atoms with van der Waals surface area (Å²) < 4.78 is 3.78. The molecule has 0 bridgehead atoms. The highest BCUT2D eigenvalue weighted by molar-refractivity contribution is 5.85. The summed E-state index contributed by atoms with van der Waals surface area (Å²) in [5.41, 5.74) is 8.67. The molecule has 1 saturated carbocycles. The predicted octanol–water partition coefficient (Wildman–Crippen LogP) is 2.20. The van der Waals surface area contributed by atoms with Gasteiger partial charge in [-0.2, -0.15) is 4.68 Å². The lowest BCUT2D eigenvalue weighted by atomic mass is 10.1. The Kier molecular flexibility index (Phi) is 5.08. The molecule has 29 heavy (non-hydrogen) atoms. The fourth-order valence-corrected chi connectivity index (χ4v) is 3.92. The van der Waals surface area contributed by atoms with Crippen LogP contribution in [0.3, 0.4) is 0 Å². The van der Waals surface area contributed by atoms with Crippen LogP contribution in [0.2, 0.25) is 0 Å². The van der Waals surface area contributed by atoms with Gasteiger partial charge in [-0.25, -0.2) is 9.97 Å². The van der Waals surface area contributed by atoms with Crippen molar-refractivity contribution in [2.75, 3.05) is 0 Å². The van der Waals surface area contributed by atoms with E-state index in [4.69, 9.17) is 20.8 Å². The van der Waals surface area contributed by atoms with Crippen molar-refractivity contribution >= 4 is 23.4 Å². The van der Waals surface area contributed by atoms with E-state index in [-0.39, 0.29) is 24.4 Å². The highest BCUT2D eigenvalue weighted by atomic mass is 35.5. The lowest BCUT2D eigenvalue weighted by Gasteiger charge is -2.10. The maximum Gasteiger partial charge on any atom is 0.233 e. The molecule has 1 fully saturated rings. The molecule has 8 nitrogen and oxygen atoms in total. The zero-order chi connectivity index (χ0) is 19.3. The van der Waals surface area contributed by atoms with Crippen LogP contribution >= 0.6 is 12.4 Å². The van der Waals surface area contributed by atoms with Crippen LogP contribution in [0.5, 0.6) is 0 Å². The summed E-state index contributed by atoms with van der Waals surface area (Å²) in [5, 5.41) is 14.9. The second-order valence-electron chi connectivity index (χ2n) is 7.28. The first-order valence-corrected chi connectivity index (χ1v) is 9.35. The van der Waals surface area contributed by atoms with Crippen molar-refractivity contribution in [3.8, 4) is 17.5 Å². The van der Waals surface area contributed by atoms with Crippen molar-refractivity contribution in [3.63, 3.8) is 0 Å². The summed E-state index contributed by atoms with van der Waals surface area (Å²) >= 11 is 0. The Bertz CT molecular complexity index is 1130. The van der Waals surface area contributed by atoms with Gasteiger partial charge >= 0.3 is 0 Å². The quantitative estimate of drug-likeness (QED) is 0.535. The number of imidazole rings is 1. The molecule has 1 aliphatic carbocycles. The number of hydrogen-bond donors (Lipinski definition) is 2. The minimum atomic E-state index is -0.533. The lowest BCUT2D eigenvalue weighted by Crippen LogP contribution is -2.28. The van der Waals surface area contributed by atoms with Crippen LogP contribution in [0.15, 0.2) is 48.7 Å². The fraction of sp³-hybridized carbons (Fsp3) is 0.300. The molecule has 1 aromatic carbocycles. The van der Waals surface area contributed by atoms with E-state index < -0.39 is 6.10 Å². The maximum absolute atomic E-state index is 10.2. The Hall–Kier alpha value is -2.81. The Morgan fingerprint density at radius 1 is 1.07 bits per heavy atom. The largest absolute Gasteiger partial charge is 0.391 e. The fourth-order valence-electron chi connectivity index (χ4n) is 3.92. The van der Waals surface area contributed by atoms with Crippen LogP contribution in [0.1, 0.15) is 24.6 Å². The molecule has 3 N–H and O–H groups in total. The highest BCUT2D eigenvalue weighted by Crippen LogP contribution is 2.35. The average molecular weight is 412 g/mol. The number of nitrogens with two attached hydrogens (primary N) is 1. The summed E-state index contributed by atoms with van der Waals surface area (Å²) in [4.78, 5) is 13.9. The Morgan fingerprint density at radius 2 is 1.86 bits per heavy atom. The van der Waals surface area contributed by atoms with E-state index in [1.807, 2.05) is 54.1 Å². The number of hydrogen-bond acceptors (Lipinski definition) is 6. The number of halogens is 1. The van der Waals surface area contributed by atoms with Crippen LogP contribution in [-0.4, -0.2) is 46.6 Å². The molecular weight excluding hydrogens is 390 g/mol. The summed E-state index contributed by atoms with van der Waals surface area (Å²) in [7, 11) is 1.96. The van der Waals surface area contributed by atoms with E-state index in [2.05, 4.69) is 4.98 Å². The van der Waals surface area contributed by atoms with E-state index in [1.54, 1.807) is 10.9 Å². The molecule has 3 aromatic heterocycles. The monoisotopic (exact) mass is 411 g/mol. The van der Waals surface area contributed by atoms with Gasteiger partial charge in [0.15, 0.2) is 0 Å². The summed E-state index contributed by atoms with van der Waals surface area (Å²) in [6, 6.07) is 13.4. The van der Waals surface area contributed by atoms with Crippen molar-refractivity contribution in [2.24, 2.45) is 12.8 Å². The Labute approximate surface area is 173 Å². The minimum Gasteiger partial charge on any atom is -0.391 e. The maximum atomic E-state index is 10.2. The van der Waals surface area contributed by atoms with E-state index in [0.29, 0.717) is 30.3 Å². The second kappa shape index (κ2) is 7.55. The third-order valence-corrected chi connectivity index (χ3v) is 5.42. The zero-order valence-corrected chi connectivity index (χ0v) is 16.7. The van der Waals surface area contributed by atoms with Crippen LogP contribution in [-0.2, 0) is 7.05 Å². The molecule has 4 aromatic rings. The second-order valence-corrected chi connectivity index (χ2v) is 7.28. The van der Waals surface area contributed by atoms with Crippen molar-refractivity contribution in [1.29, 1.82) is 0 Å². The number of rotatable bonds is 3. The Morgan fingerprint density at radius 3 is 2.55 bits per heavy atom. The highest BCUT2D eigenvalue weighted by Gasteiger charge is 2.35. The van der Waals surface area contributed by atoms with Gasteiger partial charge in [0.2, 0.25) is 11.8 Å². The van der Waals surface area contributed by atoms with Gasteiger partial charge in [-0.15, -0.1) is 17.5 Å². The van der Waals surface area contributed by atoms with Crippen LogP contribution in [0.25, 0.3) is 28.5 Å². The molecule has 3 heterocycles. The van der Waals surface area contributed by atoms with Crippen LogP contribution in [0, 0.1) is 0 Å². The van der Waals surface area contributed by atoms with Crippen molar-refractivity contribution in [3.05, 3.63) is 54.5 Å². The third kappa shape index (κ3) is 3.29. The van der Waals surface area contributed by atoms with E-state index in [9.17, 15) is 5.11 Å². The van der Waals surface area contributed by atoms with Gasteiger partial charge in [-0.3, -0.25) is 4.98 Å². The molecule has 150 valence electrons. The van der Waals surface area contributed by atoms with E-state index >= 15 is 0 Å². The average Bonchev–Trinajstić information content (AvgIpc) is 3.39. The summed E-state index contributed by atoms with van der Waals surface area (Å²) in [5.74, 6) is 1.99. The number of benzene rings is 1. The number of pyridine rings is 1. The van der Waals surface area contributed by atoms with Gasteiger partial charge < -0.3 is 15.4 Å². The normalized spacial score (nSPS) is 21.4. The molecule has 3 atom stereocenters. The van der Waals surface area contributed by atoms with Gasteiger partial charge in [0.1, 0.15) is 11.5 Å². The molecule has 9 heteroatoms. The first-order valence-electron chi connectivity index (χ1n) is 9.35. The molecular formula is C20H22ClN7O. The number of para-hydroxylation sites is 2. The van der Waals surface area contributed by atoms with Gasteiger partial charge in [0.25, 0.3) is 0 Å². The van der Waals surface area contributed by atoms with Gasteiger partial charge in [0, 0.05) is 25.2 Å². The van der Waals surface area contributed by atoms with Crippen LogP contribution in [0.4, 0.5) is 0 Å². The molecule has 0 saturated heterocycles. The number of fused-ring (bicyclic) bond motifs is 1. The van der Waals surface area contributed by atoms with Crippen molar-refractivity contribution < 1.29 is 5.11 Å². The molecule has 0 radical (unpaired) electrons. The SMILES string of the molecule is Cl.Cn1c(-n2nc(-c3ccccn3)nc2[C@H]2C[C@H](N)[C@@H](O)C2)nc2ccccc21. The molecule has 1 aliphatic rings. The van der Waals surface area contributed by atoms with Crippen molar-refractivity contribution in [1.82, 2.24) is 29.3 Å². The van der Waals surface area contributed by atoms with Gasteiger partial charge in [-0.05, 0) is 37.1 Å². The van der Waals surface area contributed by atoms with Crippen LogP contribution < -0.4 is 5.73 Å². The van der Waals surface area contributed by atoms with E-state index in [0.717, 1.165) is 16.9 Å². The van der Waals surface area contributed by atoms with Crippen molar-refractivity contribution in [2.45, 2.75) is 30.9 Å². The number of aliphatic hydroxyl groups excluding tert-OH is 1. The molecule has 0 spiro atoms. The standard InChI is InChI=1S/C20H21N7O.ClH/c1-26-16-8-3-2-6-14(16)23-20(26)27-19(12-10-13(21)17(28)11-12)24-18(25-27)15-7-4-5-9-22-15;/h2-9,12-13,17,28H,10-11,21H2,1H3;1H/t12-,13-,17-;/m0./s1. The first kappa shape index (κ1) is 19.5. The molecule has 0 amide bonds. The van der Waals surface area contributed by atoms with Gasteiger partial charge in [0.05, 0.1) is 17.1 Å². The summed E-state index contributed by atoms with van der Waals surface area (Å²) in [6.07, 6.45) is 2.41. The smallest absolute Gasteiger partial charge is 0.233 e. The number of aliphatic hydroxyl groups is 1. The zero-order valence-electron chi connectivity index (χ0n) is 15.9. The third-order valence-electron chi connectivity index (χ3n) is 5.42. The molecule has 5 rings (SSSR count). The predicted molar refractivity (Wildman–Crippen MR) is 112 cm³/mol. The molecule has 0 unspecified atom stereocenters.